The van der Waals surface area contributed by atoms with E-state index in [1.807, 2.05) is 30.3 Å². The molecule has 2 fully saturated rings. The SMILES string of the molecule is CCOC(=O)CC(CCCC1CCCC1=O)C(=O)CC1C(=O)CC(CCc2ccc(OC)cc2)CCC(=O)C1CCC1=CC=CC1. The van der Waals surface area contributed by atoms with Crippen LogP contribution in [0, 0.1) is 29.6 Å². The fourth-order valence-electron chi connectivity index (χ4n) is 7.55. The van der Waals surface area contributed by atoms with Crippen molar-refractivity contribution in [2.24, 2.45) is 29.6 Å². The van der Waals surface area contributed by atoms with Crippen LogP contribution in [-0.4, -0.2) is 42.8 Å². The van der Waals surface area contributed by atoms with E-state index < -0.39 is 23.7 Å². The van der Waals surface area contributed by atoms with Crippen LogP contribution in [0.5, 0.6) is 5.75 Å². The summed E-state index contributed by atoms with van der Waals surface area (Å²) in [5.74, 6) is -1.05. The second-order valence-corrected chi connectivity index (χ2v) is 13.5. The van der Waals surface area contributed by atoms with Crippen LogP contribution in [0.2, 0.25) is 0 Å². The van der Waals surface area contributed by atoms with Crippen LogP contribution in [0.15, 0.2) is 48.1 Å². The minimum Gasteiger partial charge on any atom is -0.497 e. The molecule has 7 nitrogen and oxygen atoms in total. The number of ketones is 4. The average Bonchev–Trinajstić information content (AvgIpc) is 3.72. The van der Waals surface area contributed by atoms with Crippen LogP contribution in [0.25, 0.3) is 0 Å². The maximum absolute atomic E-state index is 14.1. The third-order valence-electron chi connectivity index (χ3n) is 10.4. The summed E-state index contributed by atoms with van der Waals surface area (Å²) in [7, 11) is 1.64. The number of rotatable bonds is 17. The largest absolute Gasteiger partial charge is 0.497 e. The van der Waals surface area contributed by atoms with Crippen molar-refractivity contribution in [1.82, 2.24) is 0 Å². The van der Waals surface area contributed by atoms with E-state index in [0.29, 0.717) is 57.1 Å². The van der Waals surface area contributed by atoms with Gasteiger partial charge in [0.2, 0.25) is 0 Å². The number of Topliss-reactive ketones (excluding diaryl/α,β-unsaturated/α-hetero) is 4. The Kier molecular flexibility index (Phi) is 14.0. The smallest absolute Gasteiger partial charge is 0.306 e. The third-order valence-corrected chi connectivity index (χ3v) is 10.4. The number of methoxy groups -OCH3 is 1. The molecule has 0 radical (unpaired) electrons. The maximum Gasteiger partial charge on any atom is 0.306 e. The fourth-order valence-corrected chi connectivity index (χ4v) is 7.55. The van der Waals surface area contributed by atoms with Crippen LogP contribution in [-0.2, 0) is 35.1 Å². The molecule has 2 saturated carbocycles. The number of carbonyl (C=O) groups excluding carboxylic acids is 5. The number of hydrogen-bond donors (Lipinski definition) is 0. The van der Waals surface area contributed by atoms with E-state index in [2.05, 4.69) is 12.2 Å². The normalized spacial score (nSPS) is 24.0. The van der Waals surface area contributed by atoms with Gasteiger partial charge in [-0.15, -0.1) is 0 Å². The monoisotopic (exact) mass is 632 g/mol. The Balaban J connectivity index is 1.47. The van der Waals surface area contributed by atoms with Crippen molar-refractivity contribution in [3.63, 3.8) is 0 Å². The standard InChI is InChI=1S/C39H52O7/c1-3-46-39(44)25-31(12-6-10-30-11-7-13-35(30)40)37(42)26-34-33(22-18-27-8-4-5-9-27)36(41)23-19-29(24-38(34)43)15-14-28-16-20-32(45-2)21-17-28/h4-5,8,16-17,20-21,29-31,33-34H,3,6-7,9-15,18-19,22-26H2,1-2H3. The number of ether oxygens (including phenoxy) is 2. The second-order valence-electron chi connectivity index (χ2n) is 13.5. The third kappa shape index (κ3) is 10.6. The minimum absolute atomic E-state index is 0.00362. The summed E-state index contributed by atoms with van der Waals surface area (Å²) in [6, 6.07) is 7.93. The second kappa shape index (κ2) is 18.1. The van der Waals surface area contributed by atoms with Gasteiger partial charge >= 0.3 is 5.97 Å². The first-order chi connectivity index (χ1) is 22.3. The lowest BCUT2D eigenvalue weighted by molar-refractivity contribution is -0.147. The highest BCUT2D eigenvalue weighted by Crippen LogP contribution is 2.36. The summed E-state index contributed by atoms with van der Waals surface area (Å²) in [5.41, 5.74) is 2.40. The van der Waals surface area contributed by atoms with Crippen molar-refractivity contribution in [3.8, 4) is 5.75 Å². The van der Waals surface area contributed by atoms with Gasteiger partial charge in [-0.25, -0.2) is 0 Å². The summed E-state index contributed by atoms with van der Waals surface area (Å²) in [4.78, 5) is 66.5. The number of esters is 1. The summed E-state index contributed by atoms with van der Waals surface area (Å²) >= 11 is 0. The Morgan fingerprint density at radius 3 is 2.39 bits per heavy atom. The predicted molar refractivity (Wildman–Crippen MR) is 177 cm³/mol. The van der Waals surface area contributed by atoms with Crippen molar-refractivity contribution >= 4 is 29.1 Å². The summed E-state index contributed by atoms with van der Waals surface area (Å²) in [6.45, 7) is 1.97. The highest BCUT2D eigenvalue weighted by Gasteiger charge is 2.39. The van der Waals surface area contributed by atoms with E-state index in [-0.39, 0.29) is 48.6 Å². The van der Waals surface area contributed by atoms with Gasteiger partial charge in [-0.05, 0) is 94.7 Å². The lowest BCUT2D eigenvalue weighted by Gasteiger charge is -2.31. The van der Waals surface area contributed by atoms with E-state index >= 15 is 0 Å². The molecule has 1 aromatic carbocycles. The topological polar surface area (TPSA) is 104 Å². The highest BCUT2D eigenvalue weighted by molar-refractivity contribution is 5.95. The first kappa shape index (κ1) is 35.5. The molecule has 0 saturated heterocycles. The molecule has 46 heavy (non-hydrogen) atoms. The van der Waals surface area contributed by atoms with Crippen molar-refractivity contribution < 1.29 is 33.4 Å². The summed E-state index contributed by atoms with van der Waals surface area (Å²) < 4.78 is 10.5. The lowest BCUT2D eigenvalue weighted by atomic mass is 9.71. The highest BCUT2D eigenvalue weighted by atomic mass is 16.5. The van der Waals surface area contributed by atoms with Crippen LogP contribution in [0.1, 0.15) is 109 Å². The Morgan fingerprint density at radius 1 is 0.913 bits per heavy atom. The maximum atomic E-state index is 14.1. The van der Waals surface area contributed by atoms with E-state index in [1.165, 1.54) is 5.57 Å². The van der Waals surface area contributed by atoms with Gasteiger partial charge in [-0.2, -0.15) is 0 Å². The Bertz CT molecular complexity index is 1270. The Labute approximate surface area is 274 Å². The molecule has 5 atom stereocenters. The number of benzene rings is 1. The molecule has 0 aromatic heterocycles. The summed E-state index contributed by atoms with van der Waals surface area (Å²) in [6.07, 6.45) is 15.6. The molecule has 250 valence electrons. The molecule has 3 aliphatic rings. The molecule has 1 aromatic rings. The van der Waals surface area contributed by atoms with Gasteiger partial charge in [-0.1, -0.05) is 42.4 Å². The molecule has 0 N–H and O–H groups in total. The number of allylic oxidation sites excluding steroid dienone is 4. The van der Waals surface area contributed by atoms with Crippen LogP contribution >= 0.6 is 0 Å². The van der Waals surface area contributed by atoms with E-state index in [1.54, 1.807) is 14.0 Å². The lowest BCUT2D eigenvalue weighted by Crippen LogP contribution is -2.37. The number of aryl methyl sites for hydroxylation is 1. The van der Waals surface area contributed by atoms with Gasteiger partial charge in [0.1, 0.15) is 28.9 Å². The molecular weight excluding hydrogens is 580 g/mol. The van der Waals surface area contributed by atoms with Gasteiger partial charge < -0.3 is 9.47 Å². The predicted octanol–water partition coefficient (Wildman–Crippen LogP) is 7.53. The van der Waals surface area contributed by atoms with Crippen LogP contribution < -0.4 is 4.74 Å². The Morgan fingerprint density at radius 2 is 1.72 bits per heavy atom. The summed E-state index contributed by atoms with van der Waals surface area (Å²) in [5, 5.41) is 0. The number of carbonyl (C=O) groups is 5. The van der Waals surface area contributed by atoms with Crippen LogP contribution in [0.4, 0.5) is 0 Å². The van der Waals surface area contributed by atoms with Crippen LogP contribution in [0.3, 0.4) is 0 Å². The van der Waals surface area contributed by atoms with Gasteiger partial charge in [0.15, 0.2) is 0 Å². The molecule has 0 bridgehead atoms. The van der Waals surface area contributed by atoms with Gasteiger partial charge in [0.05, 0.1) is 20.1 Å². The Hall–Kier alpha value is -3.35. The average molecular weight is 633 g/mol. The number of hydrogen-bond acceptors (Lipinski definition) is 7. The molecular formula is C39H52O7. The molecule has 0 aliphatic heterocycles. The molecule has 5 unspecified atom stereocenters. The van der Waals surface area contributed by atoms with Gasteiger partial charge in [0.25, 0.3) is 0 Å². The van der Waals surface area contributed by atoms with E-state index in [9.17, 15) is 24.0 Å². The fraction of sp³-hybridized carbons (Fsp3) is 0.615. The van der Waals surface area contributed by atoms with Gasteiger partial charge in [-0.3, -0.25) is 24.0 Å². The zero-order valence-corrected chi connectivity index (χ0v) is 27.8. The quantitative estimate of drug-likeness (QED) is 0.164. The zero-order valence-electron chi connectivity index (χ0n) is 27.8. The molecule has 0 spiro atoms. The first-order valence-electron chi connectivity index (χ1n) is 17.5. The van der Waals surface area contributed by atoms with Crippen molar-refractivity contribution in [2.75, 3.05) is 13.7 Å². The molecule has 7 heteroatoms. The van der Waals surface area contributed by atoms with E-state index in [4.69, 9.17) is 9.47 Å². The van der Waals surface area contributed by atoms with Crippen molar-refractivity contribution in [2.45, 2.75) is 110 Å². The molecule has 3 aliphatic carbocycles. The van der Waals surface area contributed by atoms with Gasteiger partial charge in [0, 0.05) is 49.4 Å². The van der Waals surface area contributed by atoms with Crippen molar-refractivity contribution in [3.05, 3.63) is 53.6 Å². The molecule has 0 heterocycles. The van der Waals surface area contributed by atoms with E-state index in [0.717, 1.165) is 49.8 Å². The zero-order chi connectivity index (χ0) is 32.9. The molecule has 4 rings (SSSR count). The van der Waals surface area contributed by atoms with Crippen molar-refractivity contribution in [1.29, 1.82) is 0 Å². The molecule has 0 amide bonds. The minimum atomic E-state index is -0.681. The first-order valence-corrected chi connectivity index (χ1v) is 17.5.